The third kappa shape index (κ3) is 3.42. The highest BCUT2D eigenvalue weighted by molar-refractivity contribution is 6.22. The van der Waals surface area contributed by atoms with Gasteiger partial charge in [-0.25, -0.2) is 0 Å². The van der Waals surface area contributed by atoms with Crippen molar-refractivity contribution in [2.45, 2.75) is 76.3 Å². The minimum absolute atomic E-state index is 0.179. The highest BCUT2D eigenvalue weighted by Crippen LogP contribution is 2.41. The minimum Gasteiger partial charge on any atom is -0.372 e. The molecule has 2 aromatic carbocycles. The van der Waals surface area contributed by atoms with Crippen LogP contribution in [0.25, 0.3) is 11.1 Å². The molecule has 0 aromatic heterocycles. The summed E-state index contributed by atoms with van der Waals surface area (Å²) in [4.78, 5) is 17.9. The summed E-state index contributed by atoms with van der Waals surface area (Å²) < 4.78 is 0. The van der Waals surface area contributed by atoms with Crippen molar-refractivity contribution in [1.82, 2.24) is 0 Å². The second-order valence-electron chi connectivity index (χ2n) is 9.59. The van der Waals surface area contributed by atoms with E-state index in [0.29, 0.717) is 12.1 Å². The summed E-state index contributed by atoms with van der Waals surface area (Å²) in [6.07, 6.45) is 13.2. The lowest BCUT2D eigenvalue weighted by Crippen LogP contribution is -2.33. The molecule has 3 aliphatic rings. The number of carbonyl (C=O) groups excluding carboxylic acids is 1. The van der Waals surface area contributed by atoms with Crippen molar-refractivity contribution >= 4 is 17.2 Å². The Morgan fingerprint density at radius 1 is 0.600 bits per heavy atom. The van der Waals surface area contributed by atoms with Gasteiger partial charge in [-0.3, -0.25) is 4.79 Å². The fraction of sp³-hybridized carbons (Fsp3) is 0.519. The van der Waals surface area contributed by atoms with Gasteiger partial charge in [0.15, 0.2) is 5.78 Å². The fourth-order valence-electron chi connectivity index (χ4n) is 5.85. The van der Waals surface area contributed by atoms with Crippen molar-refractivity contribution in [1.29, 1.82) is 0 Å². The third-order valence-electron chi connectivity index (χ3n) is 7.85. The van der Waals surface area contributed by atoms with Gasteiger partial charge in [0.2, 0.25) is 0 Å². The average Bonchev–Trinajstić information content (AvgIpc) is 3.10. The zero-order valence-electron chi connectivity index (χ0n) is 18.5. The van der Waals surface area contributed by atoms with Crippen LogP contribution in [0.4, 0.5) is 11.4 Å². The number of ketones is 1. The molecule has 0 N–H and O–H groups in total. The molecule has 0 unspecified atom stereocenters. The molecule has 5 rings (SSSR count). The molecule has 3 heteroatoms. The Labute approximate surface area is 181 Å². The largest absolute Gasteiger partial charge is 0.372 e. The van der Waals surface area contributed by atoms with Crippen molar-refractivity contribution in [3.05, 3.63) is 47.5 Å². The van der Waals surface area contributed by atoms with Gasteiger partial charge in [0.1, 0.15) is 0 Å². The van der Waals surface area contributed by atoms with E-state index in [4.69, 9.17) is 0 Å². The van der Waals surface area contributed by atoms with Crippen LogP contribution >= 0.6 is 0 Å². The first-order valence-corrected chi connectivity index (χ1v) is 11.9. The van der Waals surface area contributed by atoms with Crippen LogP contribution in [0.2, 0.25) is 0 Å². The second kappa shape index (κ2) is 8.09. The summed E-state index contributed by atoms with van der Waals surface area (Å²) in [5.41, 5.74) is 6.45. The van der Waals surface area contributed by atoms with E-state index in [1.54, 1.807) is 0 Å². The lowest BCUT2D eigenvalue weighted by atomic mass is 9.93. The minimum atomic E-state index is 0.179. The highest BCUT2D eigenvalue weighted by atomic mass is 16.1. The zero-order valence-corrected chi connectivity index (χ0v) is 18.5. The number of rotatable bonds is 4. The first-order valence-electron chi connectivity index (χ1n) is 11.9. The predicted molar refractivity (Wildman–Crippen MR) is 126 cm³/mol. The Kier molecular flexibility index (Phi) is 5.30. The van der Waals surface area contributed by atoms with Crippen molar-refractivity contribution in [3.8, 4) is 11.1 Å². The number of carbonyl (C=O) groups is 1. The summed E-state index contributed by atoms with van der Waals surface area (Å²) in [7, 11) is 4.45. The molecule has 3 aliphatic carbocycles. The van der Waals surface area contributed by atoms with Gasteiger partial charge in [0.05, 0.1) is 0 Å². The Bertz CT molecular complexity index is 862. The standard InChI is InChI=1S/C27H34N2O/c1-28(19-9-5-3-6-10-19)21-13-15-23-25(17-21)26-18-22(14-16-24(26)27(23)30)29(2)20-11-7-4-8-12-20/h13-20H,3-12H2,1-2H3. The summed E-state index contributed by atoms with van der Waals surface area (Å²) in [6.45, 7) is 0. The molecular weight excluding hydrogens is 368 g/mol. The van der Waals surface area contributed by atoms with Crippen LogP contribution in [-0.4, -0.2) is 32.0 Å². The van der Waals surface area contributed by atoms with E-state index in [2.05, 4.69) is 60.3 Å². The lowest BCUT2D eigenvalue weighted by molar-refractivity contribution is 0.104. The van der Waals surface area contributed by atoms with Gasteiger partial charge in [-0.15, -0.1) is 0 Å². The summed E-state index contributed by atoms with van der Waals surface area (Å²) in [5, 5.41) is 0. The van der Waals surface area contributed by atoms with Gasteiger partial charge in [0, 0.05) is 48.7 Å². The molecule has 30 heavy (non-hydrogen) atoms. The average molecular weight is 403 g/mol. The molecule has 2 fully saturated rings. The van der Waals surface area contributed by atoms with Gasteiger partial charge < -0.3 is 9.80 Å². The van der Waals surface area contributed by atoms with E-state index in [9.17, 15) is 4.79 Å². The molecule has 2 saturated carbocycles. The molecule has 158 valence electrons. The third-order valence-corrected chi connectivity index (χ3v) is 7.85. The molecule has 0 radical (unpaired) electrons. The van der Waals surface area contributed by atoms with Crippen LogP contribution in [0.3, 0.4) is 0 Å². The van der Waals surface area contributed by atoms with Crippen LogP contribution in [-0.2, 0) is 0 Å². The van der Waals surface area contributed by atoms with Crippen molar-refractivity contribution < 1.29 is 4.79 Å². The highest BCUT2D eigenvalue weighted by Gasteiger charge is 2.29. The topological polar surface area (TPSA) is 23.6 Å². The van der Waals surface area contributed by atoms with Crippen molar-refractivity contribution in [2.24, 2.45) is 0 Å². The first-order chi connectivity index (χ1) is 14.6. The van der Waals surface area contributed by atoms with E-state index >= 15 is 0 Å². The molecular formula is C27H34N2O. The number of fused-ring (bicyclic) bond motifs is 3. The fourth-order valence-corrected chi connectivity index (χ4v) is 5.85. The lowest BCUT2D eigenvalue weighted by Gasteiger charge is -2.33. The Balaban J connectivity index is 1.47. The van der Waals surface area contributed by atoms with Gasteiger partial charge in [-0.05, 0) is 73.2 Å². The molecule has 0 bridgehead atoms. The Morgan fingerprint density at radius 3 is 1.40 bits per heavy atom. The molecule has 3 nitrogen and oxygen atoms in total. The maximum atomic E-state index is 13.0. The van der Waals surface area contributed by atoms with E-state index in [-0.39, 0.29) is 5.78 Å². The molecule has 2 aromatic rings. The Hall–Kier alpha value is -2.29. The van der Waals surface area contributed by atoms with Crippen LogP contribution < -0.4 is 9.80 Å². The normalized spacial score (nSPS) is 19.5. The van der Waals surface area contributed by atoms with Gasteiger partial charge in [-0.2, -0.15) is 0 Å². The summed E-state index contributed by atoms with van der Waals surface area (Å²) >= 11 is 0. The zero-order chi connectivity index (χ0) is 20.7. The molecule has 0 saturated heterocycles. The number of hydrogen-bond acceptors (Lipinski definition) is 3. The van der Waals surface area contributed by atoms with Crippen LogP contribution in [0.5, 0.6) is 0 Å². The maximum Gasteiger partial charge on any atom is 0.194 e. The van der Waals surface area contributed by atoms with Crippen molar-refractivity contribution in [3.63, 3.8) is 0 Å². The molecule has 0 aliphatic heterocycles. The quantitative estimate of drug-likeness (QED) is 0.502. The van der Waals surface area contributed by atoms with Gasteiger partial charge in [0.25, 0.3) is 0 Å². The van der Waals surface area contributed by atoms with E-state index in [1.165, 1.54) is 75.6 Å². The summed E-state index contributed by atoms with van der Waals surface area (Å²) in [5.74, 6) is 0.179. The van der Waals surface area contributed by atoms with E-state index < -0.39 is 0 Å². The van der Waals surface area contributed by atoms with Gasteiger partial charge in [-0.1, -0.05) is 38.5 Å². The smallest absolute Gasteiger partial charge is 0.194 e. The monoisotopic (exact) mass is 402 g/mol. The molecule has 0 spiro atoms. The van der Waals surface area contributed by atoms with Crippen LogP contribution in [0.1, 0.15) is 80.1 Å². The van der Waals surface area contributed by atoms with Crippen LogP contribution in [0.15, 0.2) is 36.4 Å². The molecule has 0 amide bonds. The van der Waals surface area contributed by atoms with Gasteiger partial charge >= 0.3 is 0 Å². The second-order valence-corrected chi connectivity index (χ2v) is 9.59. The first kappa shape index (κ1) is 19.7. The number of nitrogens with zero attached hydrogens (tertiary/aromatic N) is 2. The number of anilines is 2. The van der Waals surface area contributed by atoms with Crippen molar-refractivity contribution in [2.75, 3.05) is 23.9 Å². The summed E-state index contributed by atoms with van der Waals surface area (Å²) in [6, 6.07) is 14.2. The predicted octanol–water partition coefficient (Wildman–Crippen LogP) is 6.44. The van der Waals surface area contributed by atoms with E-state index in [0.717, 1.165) is 22.3 Å². The SMILES string of the molecule is CN(c1ccc2c(c1)-c1cc(N(C)C3CCCCC3)ccc1C2=O)C1CCCCC1. The van der Waals surface area contributed by atoms with E-state index in [1.807, 2.05) is 0 Å². The maximum absolute atomic E-state index is 13.0. The number of benzene rings is 2. The molecule has 0 atom stereocenters. The molecule has 0 heterocycles. The van der Waals surface area contributed by atoms with Crippen LogP contribution in [0, 0.1) is 0 Å². The Morgan fingerprint density at radius 2 is 1.00 bits per heavy atom. The number of hydrogen-bond donors (Lipinski definition) is 0.